The highest BCUT2D eigenvalue weighted by Crippen LogP contribution is 2.22. The standard InChI is InChI=1S/C34H43N3O6S/c1-2-3-4-5-6-7-8-9-13-16-32(39)37(34(41)29-17-20-30(26-38)36-25-29)44(42,43)31-21-18-28(19-22-31)33(40)35-24-23-27-14-11-10-12-15-27/h10-12,14-15,17-22,25,38H,2-9,13,16,23-24,26H2,1H3,(H,35,40). The smallest absolute Gasteiger partial charge is 0.276 e. The molecule has 0 saturated carbocycles. The summed E-state index contributed by atoms with van der Waals surface area (Å²) in [5.74, 6) is -2.22. The molecule has 0 fully saturated rings. The number of rotatable bonds is 18. The fraction of sp³-hybridized carbons (Fsp3) is 0.412. The zero-order valence-electron chi connectivity index (χ0n) is 25.4. The van der Waals surface area contributed by atoms with Gasteiger partial charge in [-0.2, -0.15) is 4.31 Å². The molecule has 2 aromatic carbocycles. The van der Waals surface area contributed by atoms with Gasteiger partial charge in [0.15, 0.2) is 0 Å². The van der Waals surface area contributed by atoms with Crippen molar-refractivity contribution in [1.29, 1.82) is 0 Å². The maximum absolute atomic E-state index is 13.7. The molecule has 10 heteroatoms. The minimum absolute atomic E-state index is 0.0966. The first kappa shape index (κ1) is 34.6. The summed E-state index contributed by atoms with van der Waals surface area (Å²) in [6.07, 6.45) is 10.8. The number of hydrogen-bond acceptors (Lipinski definition) is 7. The van der Waals surface area contributed by atoms with E-state index in [0.717, 1.165) is 37.4 Å². The molecule has 2 N–H and O–H groups in total. The van der Waals surface area contributed by atoms with Gasteiger partial charge in [-0.3, -0.25) is 19.4 Å². The van der Waals surface area contributed by atoms with Gasteiger partial charge in [0.05, 0.1) is 22.8 Å². The average Bonchev–Trinajstić information content (AvgIpc) is 3.04. The van der Waals surface area contributed by atoms with Crippen molar-refractivity contribution in [2.75, 3.05) is 6.54 Å². The van der Waals surface area contributed by atoms with E-state index in [-0.39, 0.29) is 35.0 Å². The molecule has 236 valence electrons. The quantitative estimate of drug-likeness (QED) is 0.171. The predicted octanol–water partition coefficient (Wildman–Crippen LogP) is 5.83. The van der Waals surface area contributed by atoms with Crippen molar-refractivity contribution in [2.45, 2.75) is 89.1 Å². The number of carbonyl (C=O) groups excluding carboxylic acids is 3. The van der Waals surface area contributed by atoms with Gasteiger partial charge in [-0.05, 0) is 54.8 Å². The molecule has 0 radical (unpaired) electrons. The van der Waals surface area contributed by atoms with E-state index in [0.29, 0.717) is 29.4 Å². The van der Waals surface area contributed by atoms with Gasteiger partial charge in [0, 0.05) is 24.7 Å². The van der Waals surface area contributed by atoms with Crippen molar-refractivity contribution >= 4 is 27.7 Å². The second kappa shape index (κ2) is 18.0. The Morgan fingerprint density at radius 1 is 0.795 bits per heavy atom. The zero-order chi connectivity index (χ0) is 31.8. The number of nitrogens with one attached hydrogen (secondary N) is 1. The van der Waals surface area contributed by atoms with Crippen molar-refractivity contribution < 1.29 is 27.9 Å². The van der Waals surface area contributed by atoms with Crippen molar-refractivity contribution in [3.8, 4) is 0 Å². The third-order valence-corrected chi connectivity index (χ3v) is 9.05. The summed E-state index contributed by atoms with van der Waals surface area (Å²) < 4.78 is 27.7. The van der Waals surface area contributed by atoms with E-state index in [1.165, 1.54) is 62.1 Å². The number of aliphatic hydroxyl groups is 1. The summed E-state index contributed by atoms with van der Waals surface area (Å²) >= 11 is 0. The van der Waals surface area contributed by atoms with Crippen LogP contribution < -0.4 is 5.32 Å². The van der Waals surface area contributed by atoms with Crippen LogP contribution in [0.1, 0.15) is 103 Å². The minimum atomic E-state index is -4.59. The molecule has 0 aliphatic carbocycles. The molecule has 0 aliphatic heterocycles. The van der Waals surface area contributed by atoms with E-state index in [4.69, 9.17) is 0 Å². The van der Waals surface area contributed by atoms with E-state index in [1.807, 2.05) is 30.3 Å². The number of aromatic nitrogens is 1. The number of carbonyl (C=O) groups is 3. The van der Waals surface area contributed by atoms with Crippen molar-refractivity contribution in [3.63, 3.8) is 0 Å². The second-order valence-electron chi connectivity index (χ2n) is 10.8. The second-order valence-corrected chi connectivity index (χ2v) is 12.5. The summed E-state index contributed by atoms with van der Waals surface area (Å²) in [7, 11) is -4.59. The van der Waals surface area contributed by atoms with E-state index in [9.17, 15) is 27.9 Å². The molecule has 0 unspecified atom stereocenters. The SMILES string of the molecule is CCCCCCCCCCCC(=O)N(C(=O)c1ccc(CO)nc1)S(=O)(=O)c1ccc(C(=O)NCCc2ccccc2)cc1. The largest absolute Gasteiger partial charge is 0.390 e. The number of aliphatic hydroxyl groups excluding tert-OH is 1. The fourth-order valence-electron chi connectivity index (χ4n) is 4.76. The van der Waals surface area contributed by atoms with Crippen LogP contribution in [0.2, 0.25) is 0 Å². The Bertz CT molecular complexity index is 1440. The first-order valence-corrected chi connectivity index (χ1v) is 16.8. The number of hydrogen-bond donors (Lipinski definition) is 2. The molecule has 9 nitrogen and oxygen atoms in total. The van der Waals surface area contributed by atoms with Crippen LogP contribution in [-0.4, -0.2) is 47.1 Å². The number of imide groups is 1. The van der Waals surface area contributed by atoms with Crippen LogP contribution in [0.4, 0.5) is 0 Å². The van der Waals surface area contributed by atoms with Crippen LogP contribution >= 0.6 is 0 Å². The molecular formula is C34H43N3O6S. The van der Waals surface area contributed by atoms with Crippen LogP contribution in [0.25, 0.3) is 0 Å². The van der Waals surface area contributed by atoms with Gasteiger partial charge in [-0.1, -0.05) is 88.6 Å². The highest BCUT2D eigenvalue weighted by molar-refractivity contribution is 7.90. The van der Waals surface area contributed by atoms with Gasteiger partial charge in [0.2, 0.25) is 5.91 Å². The Hall–Kier alpha value is -3.89. The molecule has 0 atom stereocenters. The van der Waals surface area contributed by atoms with Gasteiger partial charge >= 0.3 is 0 Å². The first-order chi connectivity index (χ1) is 21.3. The molecule has 0 bridgehead atoms. The van der Waals surface area contributed by atoms with Crippen molar-refractivity contribution in [2.24, 2.45) is 0 Å². The lowest BCUT2D eigenvalue weighted by molar-refractivity contribution is -0.124. The Morgan fingerprint density at radius 3 is 2.00 bits per heavy atom. The zero-order valence-corrected chi connectivity index (χ0v) is 26.2. The van der Waals surface area contributed by atoms with Crippen LogP contribution in [-0.2, 0) is 27.8 Å². The Labute approximate surface area is 260 Å². The Kier molecular flexibility index (Phi) is 14.2. The highest BCUT2D eigenvalue weighted by Gasteiger charge is 2.35. The third-order valence-electron chi connectivity index (χ3n) is 7.34. The van der Waals surface area contributed by atoms with Gasteiger partial charge < -0.3 is 10.4 Å². The molecule has 0 saturated heterocycles. The first-order valence-electron chi connectivity index (χ1n) is 15.4. The normalized spacial score (nSPS) is 11.2. The van der Waals surface area contributed by atoms with Crippen LogP contribution in [0.15, 0.2) is 77.8 Å². The van der Waals surface area contributed by atoms with E-state index >= 15 is 0 Å². The molecule has 44 heavy (non-hydrogen) atoms. The number of nitrogens with zero attached hydrogens (tertiary/aromatic N) is 2. The topological polar surface area (TPSA) is 134 Å². The van der Waals surface area contributed by atoms with Crippen LogP contribution in [0.5, 0.6) is 0 Å². The maximum Gasteiger partial charge on any atom is 0.276 e. The average molecular weight is 622 g/mol. The van der Waals surface area contributed by atoms with Gasteiger partial charge in [-0.25, -0.2) is 8.42 Å². The Balaban J connectivity index is 1.69. The predicted molar refractivity (Wildman–Crippen MR) is 169 cm³/mol. The molecule has 0 spiro atoms. The number of pyridine rings is 1. The summed E-state index contributed by atoms with van der Waals surface area (Å²) in [6, 6.07) is 17.6. The molecule has 1 heterocycles. The number of unbranched alkanes of at least 4 members (excludes halogenated alkanes) is 8. The number of sulfonamides is 1. The minimum Gasteiger partial charge on any atom is -0.390 e. The molecule has 0 aliphatic rings. The van der Waals surface area contributed by atoms with Crippen LogP contribution in [0.3, 0.4) is 0 Å². The molecule has 3 rings (SSSR count). The van der Waals surface area contributed by atoms with Crippen molar-refractivity contribution in [1.82, 2.24) is 14.6 Å². The maximum atomic E-state index is 13.7. The highest BCUT2D eigenvalue weighted by atomic mass is 32.2. The number of amides is 3. The fourth-order valence-corrected chi connectivity index (χ4v) is 6.13. The summed E-state index contributed by atoms with van der Waals surface area (Å²) in [6.45, 7) is 2.23. The summed E-state index contributed by atoms with van der Waals surface area (Å²) in [5.41, 5.74) is 1.53. The summed E-state index contributed by atoms with van der Waals surface area (Å²) in [5, 5.41) is 12.1. The van der Waals surface area contributed by atoms with Gasteiger partial charge in [0.1, 0.15) is 0 Å². The van der Waals surface area contributed by atoms with E-state index in [1.54, 1.807) is 0 Å². The lowest BCUT2D eigenvalue weighted by atomic mass is 10.1. The van der Waals surface area contributed by atoms with E-state index in [2.05, 4.69) is 17.2 Å². The third kappa shape index (κ3) is 10.4. The monoisotopic (exact) mass is 621 g/mol. The Morgan fingerprint density at radius 2 is 1.41 bits per heavy atom. The molecule has 3 amide bonds. The van der Waals surface area contributed by atoms with Crippen molar-refractivity contribution in [3.05, 3.63) is 95.3 Å². The molecule has 1 aromatic heterocycles. The summed E-state index contributed by atoms with van der Waals surface area (Å²) in [4.78, 5) is 43.1. The molecule has 3 aromatic rings. The lowest BCUT2D eigenvalue weighted by Crippen LogP contribution is -2.41. The van der Waals surface area contributed by atoms with E-state index < -0.39 is 21.8 Å². The van der Waals surface area contributed by atoms with Crippen LogP contribution in [0, 0.1) is 0 Å². The lowest BCUT2D eigenvalue weighted by Gasteiger charge is -2.21. The molecular weight excluding hydrogens is 578 g/mol. The van der Waals surface area contributed by atoms with Gasteiger partial charge in [0.25, 0.3) is 21.8 Å². The van der Waals surface area contributed by atoms with Gasteiger partial charge in [-0.15, -0.1) is 0 Å². The number of benzene rings is 2.